The summed E-state index contributed by atoms with van der Waals surface area (Å²) in [5.74, 6) is 1.60. The Morgan fingerprint density at radius 2 is 2.00 bits per heavy atom. The molecule has 1 saturated heterocycles. The van der Waals surface area contributed by atoms with E-state index in [1.54, 1.807) is 0 Å². The van der Waals surface area contributed by atoms with Gasteiger partial charge >= 0.3 is 0 Å². The van der Waals surface area contributed by atoms with Crippen molar-refractivity contribution in [1.29, 1.82) is 0 Å². The molecule has 2 nitrogen and oxygen atoms in total. The van der Waals surface area contributed by atoms with Gasteiger partial charge in [0.05, 0.1) is 0 Å². The van der Waals surface area contributed by atoms with E-state index in [4.69, 9.17) is 0 Å². The number of piperidine rings is 1. The van der Waals surface area contributed by atoms with Crippen LogP contribution in [0, 0.1) is 11.8 Å². The van der Waals surface area contributed by atoms with E-state index in [0.29, 0.717) is 6.04 Å². The van der Waals surface area contributed by atoms with Crippen LogP contribution in [-0.2, 0) is 0 Å². The average molecular weight is 226 g/mol. The van der Waals surface area contributed by atoms with Gasteiger partial charge in [0, 0.05) is 18.6 Å². The Balaban J connectivity index is 2.61. The lowest BCUT2D eigenvalue weighted by atomic mass is 9.88. The zero-order chi connectivity index (χ0) is 12.1. The second-order valence-electron chi connectivity index (χ2n) is 5.72. The summed E-state index contributed by atoms with van der Waals surface area (Å²) in [5.41, 5.74) is 0. The quantitative estimate of drug-likeness (QED) is 0.775. The Morgan fingerprint density at radius 1 is 1.31 bits per heavy atom. The largest absolute Gasteiger partial charge is 0.315 e. The fraction of sp³-hybridized carbons (Fsp3) is 1.00. The van der Waals surface area contributed by atoms with Gasteiger partial charge in [0.15, 0.2) is 0 Å². The van der Waals surface area contributed by atoms with Crippen molar-refractivity contribution in [2.45, 2.75) is 59.5 Å². The van der Waals surface area contributed by atoms with Crippen LogP contribution in [0.4, 0.5) is 0 Å². The predicted molar refractivity (Wildman–Crippen MR) is 71.7 cm³/mol. The molecule has 2 heteroatoms. The van der Waals surface area contributed by atoms with Gasteiger partial charge in [-0.15, -0.1) is 0 Å². The van der Waals surface area contributed by atoms with Crippen molar-refractivity contribution >= 4 is 0 Å². The second kappa shape index (κ2) is 6.61. The fourth-order valence-corrected chi connectivity index (χ4v) is 2.86. The Bertz CT molecular complexity index is 191. The van der Waals surface area contributed by atoms with Crippen LogP contribution >= 0.6 is 0 Å². The van der Waals surface area contributed by atoms with E-state index in [-0.39, 0.29) is 0 Å². The number of likely N-dealkylation sites (tertiary alicyclic amines) is 1. The summed E-state index contributed by atoms with van der Waals surface area (Å²) in [7, 11) is 0. The third-order valence-electron chi connectivity index (χ3n) is 4.22. The van der Waals surface area contributed by atoms with Gasteiger partial charge in [-0.05, 0) is 44.7 Å². The smallest absolute Gasteiger partial charge is 0.0246 e. The Hall–Kier alpha value is -0.0800. The fourth-order valence-electron chi connectivity index (χ4n) is 2.86. The highest BCUT2D eigenvalue weighted by Gasteiger charge is 2.31. The number of nitrogens with one attached hydrogen (secondary N) is 1. The second-order valence-corrected chi connectivity index (χ2v) is 5.72. The number of rotatable bonds is 5. The number of likely N-dealkylation sites (N-methyl/N-ethyl adjacent to an activating group) is 1. The highest BCUT2D eigenvalue weighted by molar-refractivity contribution is 4.86. The molecule has 0 aliphatic carbocycles. The summed E-state index contributed by atoms with van der Waals surface area (Å²) in [6.45, 7) is 15.2. The van der Waals surface area contributed by atoms with Crippen LogP contribution < -0.4 is 5.32 Å². The maximum atomic E-state index is 3.52. The summed E-state index contributed by atoms with van der Waals surface area (Å²) < 4.78 is 0. The third-order valence-corrected chi connectivity index (χ3v) is 4.22. The third kappa shape index (κ3) is 3.46. The molecular weight excluding hydrogens is 196 g/mol. The maximum absolute atomic E-state index is 3.52. The maximum Gasteiger partial charge on any atom is 0.0246 e. The van der Waals surface area contributed by atoms with E-state index in [0.717, 1.165) is 31.0 Å². The molecule has 0 amide bonds. The first-order valence-corrected chi connectivity index (χ1v) is 7.04. The van der Waals surface area contributed by atoms with Crippen LogP contribution in [0.15, 0.2) is 0 Å². The van der Waals surface area contributed by atoms with Gasteiger partial charge < -0.3 is 5.32 Å². The molecule has 1 rings (SSSR count). The van der Waals surface area contributed by atoms with Gasteiger partial charge in [0.1, 0.15) is 0 Å². The lowest BCUT2D eigenvalue weighted by Gasteiger charge is -2.44. The normalized spacial score (nSPS) is 29.6. The molecule has 0 aromatic heterocycles. The molecule has 3 unspecified atom stereocenters. The number of hydrogen-bond donors (Lipinski definition) is 1. The molecule has 0 bridgehead atoms. The van der Waals surface area contributed by atoms with Crippen LogP contribution in [0.1, 0.15) is 47.5 Å². The summed E-state index contributed by atoms with van der Waals surface area (Å²) in [6.07, 6.45) is 2.78. The van der Waals surface area contributed by atoms with Crippen molar-refractivity contribution in [2.24, 2.45) is 11.8 Å². The summed E-state index contributed by atoms with van der Waals surface area (Å²) in [6, 6.07) is 1.46. The van der Waals surface area contributed by atoms with E-state index in [2.05, 4.69) is 44.8 Å². The van der Waals surface area contributed by atoms with Gasteiger partial charge in [-0.1, -0.05) is 27.7 Å². The average Bonchev–Trinajstić information content (AvgIpc) is 2.24. The molecule has 1 aliphatic heterocycles. The van der Waals surface area contributed by atoms with E-state index in [1.807, 2.05) is 0 Å². The highest BCUT2D eigenvalue weighted by Crippen LogP contribution is 2.26. The van der Waals surface area contributed by atoms with Gasteiger partial charge in [-0.25, -0.2) is 0 Å². The summed E-state index contributed by atoms with van der Waals surface area (Å²) >= 11 is 0. The van der Waals surface area contributed by atoms with Gasteiger partial charge in [0.2, 0.25) is 0 Å². The lowest BCUT2D eigenvalue weighted by Crippen LogP contribution is -2.53. The van der Waals surface area contributed by atoms with E-state index in [1.165, 1.54) is 19.4 Å². The molecule has 1 fully saturated rings. The first-order chi connectivity index (χ1) is 7.57. The SMILES string of the molecule is CCNCC(C(C)C)N1CCCC(C)C1C. The van der Waals surface area contributed by atoms with Crippen molar-refractivity contribution in [3.8, 4) is 0 Å². The van der Waals surface area contributed by atoms with Gasteiger partial charge in [0.25, 0.3) is 0 Å². The molecule has 16 heavy (non-hydrogen) atoms. The minimum atomic E-state index is 0.706. The van der Waals surface area contributed by atoms with Crippen LogP contribution in [0.2, 0.25) is 0 Å². The number of nitrogens with zero attached hydrogens (tertiary/aromatic N) is 1. The minimum absolute atomic E-state index is 0.706. The predicted octanol–water partition coefficient (Wildman–Crippen LogP) is 2.74. The van der Waals surface area contributed by atoms with Crippen LogP contribution in [0.25, 0.3) is 0 Å². The van der Waals surface area contributed by atoms with E-state index < -0.39 is 0 Å². The van der Waals surface area contributed by atoms with Gasteiger partial charge in [-0.2, -0.15) is 0 Å². The van der Waals surface area contributed by atoms with Crippen molar-refractivity contribution in [3.63, 3.8) is 0 Å². The Morgan fingerprint density at radius 3 is 2.56 bits per heavy atom. The standard InChI is InChI=1S/C14H30N2/c1-6-15-10-14(11(2)3)16-9-7-8-12(4)13(16)5/h11-15H,6-10H2,1-5H3. The molecule has 1 aliphatic rings. The van der Waals surface area contributed by atoms with Crippen LogP contribution in [0.5, 0.6) is 0 Å². The van der Waals surface area contributed by atoms with Crippen molar-refractivity contribution < 1.29 is 0 Å². The highest BCUT2D eigenvalue weighted by atomic mass is 15.2. The first kappa shape index (κ1) is 14.0. The van der Waals surface area contributed by atoms with Crippen molar-refractivity contribution in [3.05, 3.63) is 0 Å². The molecule has 0 saturated carbocycles. The monoisotopic (exact) mass is 226 g/mol. The molecule has 96 valence electrons. The van der Waals surface area contributed by atoms with Gasteiger partial charge in [-0.3, -0.25) is 4.90 Å². The van der Waals surface area contributed by atoms with E-state index in [9.17, 15) is 0 Å². The van der Waals surface area contributed by atoms with Crippen molar-refractivity contribution in [1.82, 2.24) is 10.2 Å². The zero-order valence-electron chi connectivity index (χ0n) is 11.8. The van der Waals surface area contributed by atoms with Crippen LogP contribution in [-0.4, -0.2) is 36.6 Å². The van der Waals surface area contributed by atoms with Crippen molar-refractivity contribution in [2.75, 3.05) is 19.6 Å². The molecule has 0 aromatic carbocycles. The topological polar surface area (TPSA) is 15.3 Å². The number of hydrogen-bond acceptors (Lipinski definition) is 2. The lowest BCUT2D eigenvalue weighted by molar-refractivity contribution is 0.0471. The summed E-state index contributed by atoms with van der Waals surface area (Å²) in [4.78, 5) is 2.74. The minimum Gasteiger partial charge on any atom is -0.315 e. The van der Waals surface area contributed by atoms with E-state index >= 15 is 0 Å². The summed E-state index contributed by atoms with van der Waals surface area (Å²) in [5, 5.41) is 3.52. The molecule has 1 N–H and O–H groups in total. The Kier molecular flexibility index (Phi) is 5.77. The molecule has 0 spiro atoms. The Labute approximate surface area is 102 Å². The molecular formula is C14H30N2. The molecule has 3 atom stereocenters. The van der Waals surface area contributed by atoms with Crippen LogP contribution in [0.3, 0.4) is 0 Å². The first-order valence-electron chi connectivity index (χ1n) is 7.04. The molecule has 0 radical (unpaired) electrons. The zero-order valence-corrected chi connectivity index (χ0v) is 11.8. The molecule has 1 heterocycles. The molecule has 0 aromatic rings.